The third-order valence-corrected chi connectivity index (χ3v) is 3.20. The first-order valence-electron chi connectivity index (χ1n) is 5.60. The Morgan fingerprint density at radius 1 is 1.47 bits per heavy atom. The molecule has 1 aliphatic heterocycles. The summed E-state index contributed by atoms with van der Waals surface area (Å²) >= 11 is 0. The van der Waals surface area contributed by atoms with Crippen LogP contribution in [0.15, 0.2) is 18.2 Å². The highest BCUT2D eigenvalue weighted by molar-refractivity contribution is 5.94. The molecule has 1 heterocycles. The van der Waals surface area contributed by atoms with Crippen molar-refractivity contribution >= 4 is 5.78 Å². The molecule has 2 rings (SSSR count). The van der Waals surface area contributed by atoms with E-state index in [1.807, 2.05) is 0 Å². The van der Waals surface area contributed by atoms with Crippen LogP contribution in [-0.2, 0) is 0 Å². The van der Waals surface area contributed by atoms with Crippen molar-refractivity contribution in [1.29, 1.82) is 0 Å². The number of rotatable bonds is 1. The minimum atomic E-state index is -0.766. The van der Waals surface area contributed by atoms with Gasteiger partial charge < -0.3 is 15.6 Å². The molecule has 0 unspecified atom stereocenters. The minimum absolute atomic E-state index is 0.0195. The van der Waals surface area contributed by atoms with Crippen LogP contribution in [0.25, 0.3) is 0 Å². The van der Waals surface area contributed by atoms with Crippen molar-refractivity contribution in [2.75, 3.05) is 0 Å². The van der Waals surface area contributed by atoms with Crippen LogP contribution in [-0.4, -0.2) is 22.6 Å². The van der Waals surface area contributed by atoms with E-state index in [-0.39, 0.29) is 5.78 Å². The molecule has 0 fully saturated rings. The molecule has 1 aromatic carbocycles. The van der Waals surface area contributed by atoms with Crippen LogP contribution in [0.2, 0.25) is 0 Å². The molecule has 3 N–H and O–H groups in total. The second-order valence-electron chi connectivity index (χ2n) is 4.98. The van der Waals surface area contributed by atoms with E-state index in [1.165, 1.54) is 6.92 Å². The number of nitrogens with two attached hydrogens (primary N) is 1. The highest BCUT2D eigenvalue weighted by Crippen LogP contribution is 2.38. The Balaban J connectivity index is 2.50. The van der Waals surface area contributed by atoms with E-state index >= 15 is 0 Å². The molecule has 1 aromatic rings. The average molecular weight is 235 g/mol. The number of aliphatic hydroxyl groups excluding tert-OH is 1. The third-order valence-electron chi connectivity index (χ3n) is 3.20. The van der Waals surface area contributed by atoms with Crippen molar-refractivity contribution in [2.24, 2.45) is 5.73 Å². The van der Waals surface area contributed by atoms with Crippen LogP contribution in [0, 0.1) is 0 Å². The van der Waals surface area contributed by atoms with E-state index in [0.29, 0.717) is 11.3 Å². The summed E-state index contributed by atoms with van der Waals surface area (Å²) in [6.45, 7) is 5.06. The number of Topliss-reactive ketones (excluding diaryl/α,β-unsaturated/α-hetero) is 1. The molecule has 1 aliphatic rings. The lowest BCUT2D eigenvalue weighted by Crippen LogP contribution is -2.51. The molecule has 4 heteroatoms. The highest BCUT2D eigenvalue weighted by Gasteiger charge is 2.41. The van der Waals surface area contributed by atoms with Gasteiger partial charge in [0.25, 0.3) is 0 Å². The first-order valence-corrected chi connectivity index (χ1v) is 5.60. The van der Waals surface area contributed by atoms with Gasteiger partial charge in [-0.1, -0.05) is 12.1 Å². The lowest BCUT2D eigenvalue weighted by Gasteiger charge is -2.40. The van der Waals surface area contributed by atoms with Crippen molar-refractivity contribution in [3.8, 4) is 5.75 Å². The number of fused-ring (bicyclic) bond motifs is 1. The predicted octanol–water partition coefficient (Wildman–Crippen LogP) is 1.42. The lowest BCUT2D eigenvalue weighted by atomic mass is 9.86. The summed E-state index contributed by atoms with van der Waals surface area (Å²) in [6, 6.07) is 4.64. The predicted molar refractivity (Wildman–Crippen MR) is 64.1 cm³/mol. The monoisotopic (exact) mass is 235 g/mol. The summed E-state index contributed by atoms with van der Waals surface area (Å²) in [4.78, 5) is 11.3. The van der Waals surface area contributed by atoms with Crippen LogP contribution in [0.3, 0.4) is 0 Å². The second-order valence-corrected chi connectivity index (χ2v) is 4.98. The zero-order chi connectivity index (χ0) is 12.8. The number of carbonyl (C=O) groups excluding carboxylic acids is 1. The number of carbonyl (C=O) groups is 1. The number of hydrogen-bond acceptors (Lipinski definition) is 4. The first kappa shape index (κ1) is 12.1. The summed E-state index contributed by atoms with van der Waals surface area (Å²) in [5.74, 6) is 0.564. The van der Waals surface area contributed by atoms with Crippen molar-refractivity contribution in [2.45, 2.75) is 38.5 Å². The SMILES string of the molecule is CC(=O)c1ccc2c(c1)OC(C)(C)[C@H](O)[C@H]2N. The van der Waals surface area contributed by atoms with Gasteiger partial charge in [-0.15, -0.1) is 0 Å². The summed E-state index contributed by atoms with van der Waals surface area (Å²) in [7, 11) is 0. The van der Waals surface area contributed by atoms with Gasteiger partial charge in [0.2, 0.25) is 0 Å². The van der Waals surface area contributed by atoms with E-state index in [0.717, 1.165) is 5.56 Å². The van der Waals surface area contributed by atoms with Crippen LogP contribution >= 0.6 is 0 Å². The maximum absolute atomic E-state index is 11.3. The van der Waals surface area contributed by atoms with Gasteiger partial charge in [0.1, 0.15) is 17.5 Å². The molecule has 0 aromatic heterocycles. The minimum Gasteiger partial charge on any atom is -0.485 e. The normalized spacial score (nSPS) is 25.9. The molecule has 17 heavy (non-hydrogen) atoms. The van der Waals surface area contributed by atoms with E-state index in [2.05, 4.69) is 0 Å². The van der Waals surface area contributed by atoms with Crippen molar-refractivity contribution < 1.29 is 14.6 Å². The Morgan fingerprint density at radius 2 is 2.12 bits per heavy atom. The number of aliphatic hydroxyl groups is 1. The molecule has 0 bridgehead atoms. The van der Waals surface area contributed by atoms with Crippen LogP contribution in [0.5, 0.6) is 5.75 Å². The molecule has 0 spiro atoms. The molecule has 4 nitrogen and oxygen atoms in total. The Hall–Kier alpha value is -1.39. The molecule has 2 atom stereocenters. The number of ketones is 1. The summed E-state index contributed by atoms with van der Waals surface area (Å²) in [6.07, 6.45) is -0.766. The molecule has 0 saturated heterocycles. The van der Waals surface area contributed by atoms with Crippen molar-refractivity contribution in [3.63, 3.8) is 0 Å². The fourth-order valence-corrected chi connectivity index (χ4v) is 2.06. The van der Waals surface area contributed by atoms with Gasteiger partial charge in [0.15, 0.2) is 5.78 Å². The summed E-state index contributed by atoms with van der Waals surface area (Å²) in [5.41, 5.74) is 6.55. The molecule has 0 radical (unpaired) electrons. The Bertz CT molecular complexity index is 468. The fraction of sp³-hybridized carbons (Fsp3) is 0.462. The van der Waals surface area contributed by atoms with Gasteiger partial charge in [-0.3, -0.25) is 4.79 Å². The van der Waals surface area contributed by atoms with Crippen molar-refractivity contribution in [3.05, 3.63) is 29.3 Å². The Labute approximate surface area is 100 Å². The number of hydrogen-bond donors (Lipinski definition) is 2. The van der Waals surface area contributed by atoms with Gasteiger partial charge in [-0.2, -0.15) is 0 Å². The second kappa shape index (κ2) is 3.82. The molecular weight excluding hydrogens is 218 g/mol. The zero-order valence-corrected chi connectivity index (χ0v) is 10.2. The summed E-state index contributed by atoms with van der Waals surface area (Å²) in [5, 5.41) is 10.0. The first-order chi connectivity index (χ1) is 7.83. The smallest absolute Gasteiger partial charge is 0.159 e. The lowest BCUT2D eigenvalue weighted by molar-refractivity contribution is -0.0572. The molecule has 0 amide bonds. The van der Waals surface area contributed by atoms with Crippen LogP contribution in [0.1, 0.15) is 42.7 Å². The number of benzene rings is 1. The van der Waals surface area contributed by atoms with E-state index < -0.39 is 17.7 Å². The molecule has 0 aliphatic carbocycles. The molecule has 92 valence electrons. The van der Waals surface area contributed by atoms with Crippen molar-refractivity contribution in [1.82, 2.24) is 0 Å². The zero-order valence-electron chi connectivity index (χ0n) is 10.2. The van der Waals surface area contributed by atoms with Gasteiger partial charge >= 0.3 is 0 Å². The van der Waals surface area contributed by atoms with Crippen LogP contribution in [0.4, 0.5) is 0 Å². The summed E-state index contributed by atoms with van der Waals surface area (Å²) < 4.78 is 5.71. The average Bonchev–Trinajstić information content (AvgIpc) is 2.25. The number of ether oxygens (including phenoxy) is 1. The van der Waals surface area contributed by atoms with Gasteiger partial charge in [-0.25, -0.2) is 0 Å². The fourth-order valence-electron chi connectivity index (χ4n) is 2.06. The Morgan fingerprint density at radius 3 is 2.71 bits per heavy atom. The maximum atomic E-state index is 11.3. The third kappa shape index (κ3) is 1.94. The van der Waals surface area contributed by atoms with Gasteiger partial charge in [-0.05, 0) is 26.8 Å². The topological polar surface area (TPSA) is 72.5 Å². The standard InChI is InChI=1S/C13H17NO3/c1-7(15)8-4-5-9-10(6-8)17-13(2,3)12(16)11(9)14/h4-6,11-12,16H,14H2,1-3H3/t11-,12+/m0/s1. The molecule has 0 saturated carbocycles. The largest absolute Gasteiger partial charge is 0.485 e. The van der Waals surface area contributed by atoms with Gasteiger partial charge in [0.05, 0.1) is 6.04 Å². The Kier molecular flexibility index (Phi) is 2.72. The van der Waals surface area contributed by atoms with Crippen LogP contribution < -0.4 is 10.5 Å². The molecular formula is C13H17NO3. The quantitative estimate of drug-likeness (QED) is 0.722. The van der Waals surface area contributed by atoms with E-state index in [9.17, 15) is 9.90 Å². The van der Waals surface area contributed by atoms with Gasteiger partial charge in [0, 0.05) is 11.1 Å². The maximum Gasteiger partial charge on any atom is 0.159 e. The van der Waals surface area contributed by atoms with E-state index in [1.54, 1.807) is 32.0 Å². The highest BCUT2D eigenvalue weighted by atomic mass is 16.5. The van der Waals surface area contributed by atoms with E-state index in [4.69, 9.17) is 10.5 Å².